The van der Waals surface area contributed by atoms with Crippen LogP contribution >= 0.6 is 0 Å². The zero-order chi connectivity index (χ0) is 21.9. The Balaban J connectivity index is 0.000000757. The predicted octanol–water partition coefficient (Wildman–Crippen LogP) is 5.10. The van der Waals surface area contributed by atoms with Gasteiger partial charge in [-0.3, -0.25) is 0 Å². The highest BCUT2D eigenvalue weighted by Crippen LogP contribution is 2.27. The number of aromatic nitrogens is 3. The van der Waals surface area contributed by atoms with Gasteiger partial charge in [-0.1, -0.05) is 82.3 Å². The molecule has 1 unspecified atom stereocenters. The Morgan fingerprint density at radius 2 is 1.50 bits per heavy atom. The third kappa shape index (κ3) is 5.23. The number of nitrogens with zero attached hydrogens (tertiary/aromatic N) is 2. The average Bonchev–Trinajstić information content (AvgIpc) is 3.25. The minimum atomic E-state index is -1.11. The molecule has 4 aromatic rings. The van der Waals surface area contributed by atoms with Crippen LogP contribution < -0.4 is 9.84 Å². The zero-order valence-corrected chi connectivity index (χ0v) is 17.7. The number of carboxylic acid groups (broad SMARTS) is 1. The van der Waals surface area contributed by atoms with E-state index in [1.54, 1.807) is 41.2 Å². The maximum Gasteiger partial charge on any atom is 0.349 e. The molecule has 6 nitrogen and oxygen atoms in total. The Kier molecular flexibility index (Phi) is 8.56. The summed E-state index contributed by atoms with van der Waals surface area (Å²) in [7, 11) is 0. The SMILES string of the molecule is CC.CC.O=C(O)C(Oc1ccccc1-n1nc2ccccc2[nH+]1)c1ccccc1. The second kappa shape index (κ2) is 11.4. The Morgan fingerprint density at radius 1 is 0.900 bits per heavy atom. The van der Waals surface area contributed by atoms with Gasteiger partial charge in [0.05, 0.1) is 5.10 Å². The number of carbonyl (C=O) groups is 1. The van der Waals surface area contributed by atoms with Gasteiger partial charge in [0.25, 0.3) is 0 Å². The van der Waals surface area contributed by atoms with Gasteiger partial charge in [0, 0.05) is 5.56 Å². The Bertz CT molecular complexity index is 1030. The number of rotatable bonds is 5. The molecule has 1 aromatic heterocycles. The van der Waals surface area contributed by atoms with Crippen molar-refractivity contribution in [2.24, 2.45) is 0 Å². The van der Waals surface area contributed by atoms with Crippen molar-refractivity contribution in [2.45, 2.75) is 33.8 Å². The Hall–Kier alpha value is -3.67. The average molecular weight is 407 g/mol. The summed E-state index contributed by atoms with van der Waals surface area (Å²) in [5, 5.41) is 17.3. The summed E-state index contributed by atoms with van der Waals surface area (Å²) >= 11 is 0. The molecule has 156 valence electrons. The summed E-state index contributed by atoms with van der Waals surface area (Å²) in [6, 6.07) is 23.7. The summed E-state index contributed by atoms with van der Waals surface area (Å²) < 4.78 is 5.86. The van der Waals surface area contributed by atoms with Gasteiger partial charge in [-0.25, -0.2) is 4.79 Å². The third-order valence-electron chi connectivity index (χ3n) is 4.00. The van der Waals surface area contributed by atoms with Crippen LogP contribution in [0.15, 0.2) is 78.9 Å². The number of nitrogens with one attached hydrogen (secondary N) is 1. The second-order valence-corrected chi connectivity index (χ2v) is 5.76. The van der Waals surface area contributed by atoms with E-state index in [1.165, 1.54) is 0 Å². The predicted molar refractivity (Wildman–Crippen MR) is 118 cm³/mol. The lowest BCUT2D eigenvalue weighted by Crippen LogP contribution is -2.21. The number of para-hydroxylation sites is 3. The van der Waals surface area contributed by atoms with E-state index < -0.39 is 12.1 Å². The number of aliphatic carboxylic acids is 1. The minimum Gasteiger partial charge on any atom is -0.478 e. The number of hydrogen-bond acceptors (Lipinski definition) is 3. The van der Waals surface area contributed by atoms with Crippen molar-refractivity contribution in [3.05, 3.63) is 84.4 Å². The van der Waals surface area contributed by atoms with Crippen LogP contribution in [0.2, 0.25) is 0 Å². The van der Waals surface area contributed by atoms with Gasteiger partial charge < -0.3 is 9.84 Å². The second-order valence-electron chi connectivity index (χ2n) is 5.76. The molecule has 0 radical (unpaired) electrons. The zero-order valence-electron chi connectivity index (χ0n) is 17.7. The quantitative estimate of drug-likeness (QED) is 0.500. The highest BCUT2D eigenvalue weighted by Gasteiger charge is 2.24. The number of benzene rings is 3. The highest BCUT2D eigenvalue weighted by atomic mass is 16.5. The largest absolute Gasteiger partial charge is 0.478 e. The monoisotopic (exact) mass is 406 g/mol. The first kappa shape index (κ1) is 22.6. The molecule has 1 atom stereocenters. The van der Waals surface area contributed by atoms with Gasteiger partial charge in [-0.15, -0.1) is 0 Å². The molecular weight excluding hydrogens is 378 g/mol. The lowest BCUT2D eigenvalue weighted by Gasteiger charge is -2.16. The van der Waals surface area contributed by atoms with E-state index >= 15 is 0 Å². The van der Waals surface area contributed by atoms with Crippen molar-refractivity contribution in [1.82, 2.24) is 9.90 Å². The fourth-order valence-corrected chi connectivity index (χ4v) is 2.76. The van der Waals surface area contributed by atoms with E-state index in [0.29, 0.717) is 17.0 Å². The van der Waals surface area contributed by atoms with E-state index in [-0.39, 0.29) is 0 Å². The summed E-state index contributed by atoms with van der Waals surface area (Å²) in [6.45, 7) is 8.00. The van der Waals surface area contributed by atoms with Crippen molar-refractivity contribution in [2.75, 3.05) is 0 Å². The van der Waals surface area contributed by atoms with Gasteiger partial charge in [-0.05, 0) is 29.1 Å². The molecule has 0 aliphatic rings. The number of ether oxygens (including phenoxy) is 1. The topological polar surface area (TPSA) is 78.5 Å². The van der Waals surface area contributed by atoms with Gasteiger partial charge in [0.1, 0.15) is 0 Å². The molecule has 0 spiro atoms. The number of H-pyrrole nitrogens is 1. The number of carboxylic acids is 1. The molecule has 6 heteroatoms. The van der Waals surface area contributed by atoms with E-state index in [0.717, 1.165) is 11.0 Å². The Labute approximate surface area is 176 Å². The summed E-state index contributed by atoms with van der Waals surface area (Å²) in [5.41, 5.74) is 2.88. The molecule has 0 bridgehead atoms. The molecule has 3 aromatic carbocycles. The van der Waals surface area contributed by atoms with Crippen LogP contribution in [0.3, 0.4) is 0 Å². The van der Waals surface area contributed by atoms with Crippen molar-refractivity contribution in [3.63, 3.8) is 0 Å². The third-order valence-corrected chi connectivity index (χ3v) is 4.00. The molecule has 2 N–H and O–H groups in total. The van der Waals surface area contributed by atoms with Crippen molar-refractivity contribution in [1.29, 1.82) is 0 Å². The molecule has 30 heavy (non-hydrogen) atoms. The maximum absolute atomic E-state index is 11.7. The van der Waals surface area contributed by atoms with Crippen molar-refractivity contribution >= 4 is 17.0 Å². The fourth-order valence-electron chi connectivity index (χ4n) is 2.76. The molecule has 0 aliphatic heterocycles. The van der Waals surface area contributed by atoms with Gasteiger partial charge in [0.2, 0.25) is 11.6 Å². The Morgan fingerprint density at radius 3 is 2.17 bits per heavy atom. The molecule has 0 saturated carbocycles. The van der Waals surface area contributed by atoms with Gasteiger partial charge in [0.15, 0.2) is 17.0 Å². The molecular formula is C24H28N3O3+. The van der Waals surface area contributed by atoms with Gasteiger partial charge >= 0.3 is 5.97 Å². The van der Waals surface area contributed by atoms with Crippen LogP contribution in [-0.2, 0) is 4.79 Å². The number of fused-ring (bicyclic) bond motifs is 1. The smallest absolute Gasteiger partial charge is 0.349 e. The molecule has 0 saturated heterocycles. The van der Waals surface area contributed by atoms with Crippen LogP contribution in [0.5, 0.6) is 5.75 Å². The standard InChI is InChI=1S/C20H15N3O3.2C2H6/c24-20(25)19(14-8-2-1-3-9-14)26-18-13-7-6-12-17(18)23-21-15-10-4-5-11-16(15)22-23;2*1-2/h1-13,19H,(H,24,25);2*1-2H3/p+1. The van der Waals surface area contributed by atoms with Crippen LogP contribution in [0, 0.1) is 0 Å². The first-order valence-corrected chi connectivity index (χ1v) is 10.1. The summed E-state index contributed by atoms with van der Waals surface area (Å²) in [5.74, 6) is -0.631. The van der Waals surface area contributed by atoms with Crippen LogP contribution in [-0.4, -0.2) is 21.0 Å². The van der Waals surface area contributed by atoms with E-state index in [9.17, 15) is 9.90 Å². The van der Waals surface area contributed by atoms with Crippen LogP contribution in [0.25, 0.3) is 16.7 Å². The molecule has 0 fully saturated rings. The van der Waals surface area contributed by atoms with E-state index in [2.05, 4.69) is 10.2 Å². The van der Waals surface area contributed by atoms with E-state index in [1.807, 2.05) is 70.2 Å². The first-order valence-electron chi connectivity index (χ1n) is 10.1. The number of aromatic amines is 1. The van der Waals surface area contributed by atoms with E-state index in [4.69, 9.17) is 4.74 Å². The normalized spacial score (nSPS) is 10.8. The maximum atomic E-state index is 11.7. The van der Waals surface area contributed by atoms with Crippen LogP contribution in [0.4, 0.5) is 0 Å². The minimum absolute atomic E-state index is 0.424. The molecule has 0 aliphatic carbocycles. The highest BCUT2D eigenvalue weighted by molar-refractivity contribution is 5.75. The summed E-state index contributed by atoms with van der Waals surface area (Å²) in [4.78, 5) is 13.3. The van der Waals surface area contributed by atoms with Crippen molar-refractivity contribution < 1.29 is 19.7 Å². The lowest BCUT2D eigenvalue weighted by atomic mass is 10.1. The van der Waals surface area contributed by atoms with Gasteiger partial charge in [-0.2, -0.15) is 5.10 Å². The molecule has 4 rings (SSSR count). The van der Waals surface area contributed by atoms with Crippen LogP contribution in [0.1, 0.15) is 39.4 Å². The first-order chi connectivity index (χ1) is 14.7. The van der Waals surface area contributed by atoms with Crippen molar-refractivity contribution in [3.8, 4) is 11.4 Å². The number of hydrogen-bond donors (Lipinski definition) is 1. The lowest BCUT2D eigenvalue weighted by molar-refractivity contribution is -0.454. The molecule has 0 amide bonds. The fraction of sp³-hybridized carbons (Fsp3) is 0.208. The molecule has 1 heterocycles. The summed E-state index contributed by atoms with van der Waals surface area (Å²) in [6.07, 6.45) is -1.11.